The minimum Gasteiger partial charge on any atom is -0.377 e. The standard InChI is InChI=1S/C11H16ClNOS/c1-13-9(10-3-2-6-14-10)7-8-4-5-11(12)15-8/h4-5,9-10,13H,2-3,6-7H2,1H3. The molecule has 15 heavy (non-hydrogen) atoms. The molecule has 1 aromatic heterocycles. The van der Waals surface area contributed by atoms with Gasteiger partial charge in [0.1, 0.15) is 0 Å². The third-order valence-electron chi connectivity index (χ3n) is 2.83. The maximum absolute atomic E-state index is 5.91. The molecule has 0 aliphatic carbocycles. The number of halogens is 1. The van der Waals surface area contributed by atoms with Gasteiger partial charge >= 0.3 is 0 Å². The lowest BCUT2D eigenvalue weighted by Gasteiger charge is -2.21. The fourth-order valence-corrected chi connectivity index (χ4v) is 3.16. The smallest absolute Gasteiger partial charge is 0.0931 e. The summed E-state index contributed by atoms with van der Waals surface area (Å²) in [4.78, 5) is 1.33. The van der Waals surface area contributed by atoms with Gasteiger partial charge in [-0.1, -0.05) is 11.6 Å². The predicted molar refractivity (Wildman–Crippen MR) is 64.9 cm³/mol. The molecule has 2 atom stereocenters. The highest BCUT2D eigenvalue weighted by atomic mass is 35.5. The van der Waals surface area contributed by atoms with Crippen LogP contribution in [0.25, 0.3) is 0 Å². The topological polar surface area (TPSA) is 21.3 Å². The number of likely N-dealkylation sites (N-methyl/N-ethyl adjacent to an activating group) is 1. The molecule has 1 fully saturated rings. The van der Waals surface area contributed by atoms with Crippen LogP contribution >= 0.6 is 22.9 Å². The van der Waals surface area contributed by atoms with Crippen LogP contribution in [0.1, 0.15) is 17.7 Å². The molecule has 0 radical (unpaired) electrons. The number of hydrogen-bond acceptors (Lipinski definition) is 3. The van der Waals surface area contributed by atoms with Crippen LogP contribution in [0.5, 0.6) is 0 Å². The van der Waals surface area contributed by atoms with Crippen LogP contribution in [-0.2, 0) is 11.2 Å². The lowest BCUT2D eigenvalue weighted by atomic mass is 10.0. The third kappa shape index (κ3) is 2.94. The van der Waals surface area contributed by atoms with E-state index in [-0.39, 0.29) is 0 Å². The van der Waals surface area contributed by atoms with Crippen LogP contribution in [0, 0.1) is 0 Å². The quantitative estimate of drug-likeness (QED) is 0.881. The number of ether oxygens (including phenoxy) is 1. The minimum absolute atomic E-state index is 0.371. The molecule has 0 saturated carbocycles. The second kappa shape index (κ2) is 5.30. The Hall–Kier alpha value is -0.0900. The Kier molecular flexibility index (Phi) is 4.03. The van der Waals surface area contributed by atoms with Crippen LogP contribution in [0.4, 0.5) is 0 Å². The van der Waals surface area contributed by atoms with E-state index in [0.717, 1.165) is 17.4 Å². The maximum atomic E-state index is 5.91. The zero-order valence-corrected chi connectivity index (χ0v) is 10.4. The first-order valence-corrected chi connectivity index (χ1v) is 6.52. The molecule has 1 saturated heterocycles. The molecule has 84 valence electrons. The third-order valence-corrected chi connectivity index (χ3v) is 4.09. The van der Waals surface area contributed by atoms with Crippen molar-refractivity contribution in [3.63, 3.8) is 0 Å². The van der Waals surface area contributed by atoms with Crippen molar-refractivity contribution in [2.24, 2.45) is 0 Å². The highest BCUT2D eigenvalue weighted by Crippen LogP contribution is 2.25. The summed E-state index contributed by atoms with van der Waals surface area (Å²) in [5.41, 5.74) is 0. The molecule has 2 heterocycles. The number of rotatable bonds is 4. The molecule has 1 aliphatic heterocycles. The molecule has 2 nitrogen and oxygen atoms in total. The molecule has 0 aromatic carbocycles. The summed E-state index contributed by atoms with van der Waals surface area (Å²) < 4.78 is 6.56. The molecule has 2 rings (SSSR count). The Morgan fingerprint density at radius 1 is 1.67 bits per heavy atom. The predicted octanol–water partition coefficient (Wildman–Crippen LogP) is 2.71. The van der Waals surface area contributed by atoms with Crippen molar-refractivity contribution >= 4 is 22.9 Å². The van der Waals surface area contributed by atoms with Crippen molar-refractivity contribution in [2.45, 2.75) is 31.4 Å². The van der Waals surface area contributed by atoms with Crippen molar-refractivity contribution in [3.05, 3.63) is 21.3 Å². The largest absolute Gasteiger partial charge is 0.377 e. The Bertz CT molecular complexity index is 309. The molecule has 1 aliphatic rings. The van der Waals surface area contributed by atoms with Gasteiger partial charge in [0.05, 0.1) is 10.4 Å². The summed E-state index contributed by atoms with van der Waals surface area (Å²) in [6.07, 6.45) is 3.74. The van der Waals surface area contributed by atoms with Crippen molar-refractivity contribution in [1.82, 2.24) is 5.32 Å². The number of nitrogens with one attached hydrogen (secondary N) is 1. The normalized spacial score (nSPS) is 23.2. The van der Waals surface area contributed by atoms with Crippen LogP contribution in [0.15, 0.2) is 12.1 Å². The summed E-state index contributed by atoms with van der Waals surface area (Å²) in [5, 5.41) is 3.34. The zero-order valence-electron chi connectivity index (χ0n) is 8.83. The van der Waals surface area contributed by atoms with E-state index in [1.165, 1.54) is 17.7 Å². The summed E-state index contributed by atoms with van der Waals surface area (Å²) in [6, 6.07) is 4.48. The van der Waals surface area contributed by atoms with Gasteiger partial charge in [-0.2, -0.15) is 0 Å². The fourth-order valence-electron chi connectivity index (χ4n) is 2.02. The van der Waals surface area contributed by atoms with Gasteiger partial charge in [0, 0.05) is 17.5 Å². The van der Waals surface area contributed by atoms with Gasteiger partial charge in [-0.3, -0.25) is 0 Å². The van der Waals surface area contributed by atoms with Crippen molar-refractivity contribution in [1.29, 1.82) is 0 Å². The fraction of sp³-hybridized carbons (Fsp3) is 0.636. The maximum Gasteiger partial charge on any atom is 0.0931 e. The van der Waals surface area contributed by atoms with Gasteiger partial charge in [-0.25, -0.2) is 0 Å². The molecule has 0 bridgehead atoms. The van der Waals surface area contributed by atoms with Gasteiger partial charge in [-0.05, 0) is 38.4 Å². The van der Waals surface area contributed by atoms with Gasteiger partial charge in [0.15, 0.2) is 0 Å². The average molecular weight is 246 g/mol. The Balaban J connectivity index is 1.95. The van der Waals surface area contributed by atoms with Crippen LogP contribution < -0.4 is 5.32 Å². The summed E-state index contributed by atoms with van der Waals surface area (Å²) >= 11 is 7.57. The lowest BCUT2D eigenvalue weighted by molar-refractivity contribution is 0.0811. The molecular weight excluding hydrogens is 230 g/mol. The van der Waals surface area contributed by atoms with E-state index in [4.69, 9.17) is 16.3 Å². The van der Waals surface area contributed by atoms with Crippen molar-refractivity contribution < 1.29 is 4.74 Å². The Morgan fingerprint density at radius 2 is 2.53 bits per heavy atom. The van der Waals surface area contributed by atoms with Gasteiger partial charge in [-0.15, -0.1) is 11.3 Å². The van der Waals surface area contributed by atoms with Gasteiger partial charge in [0.25, 0.3) is 0 Å². The molecule has 2 unspecified atom stereocenters. The van der Waals surface area contributed by atoms with Crippen LogP contribution in [-0.4, -0.2) is 25.8 Å². The van der Waals surface area contributed by atoms with E-state index in [0.29, 0.717) is 12.1 Å². The van der Waals surface area contributed by atoms with E-state index >= 15 is 0 Å². The second-order valence-corrected chi connectivity index (χ2v) is 5.66. The monoisotopic (exact) mass is 245 g/mol. The van der Waals surface area contributed by atoms with E-state index in [2.05, 4.69) is 11.4 Å². The first kappa shape index (κ1) is 11.4. The number of hydrogen-bond donors (Lipinski definition) is 1. The van der Waals surface area contributed by atoms with E-state index in [1.54, 1.807) is 11.3 Å². The summed E-state index contributed by atoms with van der Waals surface area (Å²) in [5.74, 6) is 0. The Labute approximate surface area is 99.6 Å². The summed E-state index contributed by atoms with van der Waals surface area (Å²) in [6.45, 7) is 0.911. The van der Waals surface area contributed by atoms with Crippen molar-refractivity contribution in [3.8, 4) is 0 Å². The average Bonchev–Trinajstić information content (AvgIpc) is 2.85. The molecule has 4 heteroatoms. The molecule has 1 aromatic rings. The van der Waals surface area contributed by atoms with E-state index < -0.39 is 0 Å². The Morgan fingerprint density at radius 3 is 3.07 bits per heavy atom. The first-order valence-electron chi connectivity index (χ1n) is 5.32. The summed E-state index contributed by atoms with van der Waals surface area (Å²) in [7, 11) is 2.00. The zero-order chi connectivity index (χ0) is 10.7. The highest BCUT2D eigenvalue weighted by molar-refractivity contribution is 7.16. The minimum atomic E-state index is 0.371. The van der Waals surface area contributed by atoms with Crippen molar-refractivity contribution in [2.75, 3.05) is 13.7 Å². The van der Waals surface area contributed by atoms with E-state index in [1.807, 2.05) is 13.1 Å². The highest BCUT2D eigenvalue weighted by Gasteiger charge is 2.25. The SMILES string of the molecule is CNC(Cc1ccc(Cl)s1)C1CCCO1. The lowest BCUT2D eigenvalue weighted by Crippen LogP contribution is -2.38. The number of thiophene rings is 1. The van der Waals surface area contributed by atoms with Crippen LogP contribution in [0.2, 0.25) is 4.34 Å². The van der Waals surface area contributed by atoms with Gasteiger partial charge in [0.2, 0.25) is 0 Å². The molecule has 0 amide bonds. The second-order valence-electron chi connectivity index (χ2n) is 3.86. The first-order chi connectivity index (χ1) is 7.29. The molecule has 0 spiro atoms. The molecule has 1 N–H and O–H groups in total. The van der Waals surface area contributed by atoms with Gasteiger partial charge < -0.3 is 10.1 Å². The van der Waals surface area contributed by atoms with E-state index in [9.17, 15) is 0 Å². The molecular formula is C11H16ClNOS. The van der Waals surface area contributed by atoms with Crippen LogP contribution in [0.3, 0.4) is 0 Å².